The molecule has 8 atom stereocenters. The lowest BCUT2D eigenvalue weighted by atomic mass is 9.59. The number of hydrogen-bond acceptors (Lipinski definition) is 6. The molecule has 3 fully saturated rings. The number of nitrogens with zero attached hydrogens (tertiary/aromatic N) is 1. The van der Waals surface area contributed by atoms with Crippen molar-refractivity contribution in [1.29, 1.82) is 0 Å². The van der Waals surface area contributed by atoms with Crippen molar-refractivity contribution in [2.75, 3.05) is 6.61 Å². The van der Waals surface area contributed by atoms with Crippen molar-refractivity contribution < 1.29 is 37.3 Å². The zero-order valence-electron chi connectivity index (χ0n) is 22.4. The van der Waals surface area contributed by atoms with Gasteiger partial charge in [0, 0.05) is 18.2 Å². The monoisotopic (exact) mass is 533 g/mol. The first-order chi connectivity index (χ1) is 17.5. The Bertz CT molecular complexity index is 1250. The Hall–Kier alpha value is -2.23. The number of pyridine rings is 1. The predicted octanol–water partition coefficient (Wildman–Crippen LogP) is 5.11. The van der Waals surface area contributed by atoms with Gasteiger partial charge in [-0.2, -0.15) is 13.2 Å². The highest BCUT2D eigenvalue weighted by Gasteiger charge is 2.77. The summed E-state index contributed by atoms with van der Waals surface area (Å²) in [6.07, 6.45) is -1.25. The summed E-state index contributed by atoms with van der Waals surface area (Å²) >= 11 is 0. The third-order valence-electron chi connectivity index (χ3n) is 9.97. The minimum Gasteiger partial charge on any atom is -0.467 e. The van der Waals surface area contributed by atoms with Crippen LogP contribution in [0.3, 0.4) is 0 Å². The minimum atomic E-state index is -4.54. The Morgan fingerprint density at radius 3 is 2.53 bits per heavy atom. The molecule has 6 rings (SSSR count). The zero-order chi connectivity index (χ0) is 27.6. The van der Waals surface area contributed by atoms with Gasteiger partial charge in [0.15, 0.2) is 23.3 Å². The van der Waals surface area contributed by atoms with Crippen LogP contribution in [0.15, 0.2) is 41.6 Å². The molecule has 1 aliphatic heterocycles. The lowest BCUT2D eigenvalue weighted by Crippen LogP contribution is -2.68. The summed E-state index contributed by atoms with van der Waals surface area (Å²) in [7, 11) is 0. The van der Waals surface area contributed by atoms with E-state index in [0.29, 0.717) is 23.3 Å². The number of carbonyl (C=O) groups excluding carboxylic acids is 1. The Labute approximate surface area is 220 Å². The van der Waals surface area contributed by atoms with E-state index in [0.717, 1.165) is 18.6 Å². The van der Waals surface area contributed by atoms with Gasteiger partial charge in [0.25, 0.3) is 0 Å². The highest BCUT2D eigenvalue weighted by molar-refractivity contribution is 5.95. The maximum Gasteiger partial charge on any atom is 0.417 e. The molecule has 38 heavy (non-hydrogen) atoms. The fraction of sp³-hybridized carbons (Fsp3) is 0.655. The van der Waals surface area contributed by atoms with Crippen LogP contribution < -0.4 is 4.74 Å². The normalized spacial score (nSPS) is 42.5. The van der Waals surface area contributed by atoms with E-state index in [1.807, 2.05) is 19.1 Å². The number of allylic oxidation sites excluding steroid dienone is 1. The summed E-state index contributed by atoms with van der Waals surface area (Å²) in [6, 6.07) is 2.04. The number of ketones is 1. The molecule has 1 unspecified atom stereocenters. The molecule has 2 bridgehead atoms. The molecule has 1 N–H and O–H groups in total. The Morgan fingerprint density at radius 2 is 1.89 bits per heavy atom. The summed E-state index contributed by atoms with van der Waals surface area (Å²) < 4.78 is 58.0. The molecule has 1 aromatic rings. The largest absolute Gasteiger partial charge is 0.467 e. The number of hydrogen-bond donors (Lipinski definition) is 1. The number of halogens is 3. The average Bonchev–Trinajstić information content (AvgIpc) is 3.31. The lowest BCUT2D eigenvalue weighted by Gasteiger charge is -2.52. The fourth-order valence-corrected chi connectivity index (χ4v) is 8.04. The second kappa shape index (κ2) is 7.70. The van der Waals surface area contributed by atoms with Crippen LogP contribution in [-0.4, -0.2) is 46.1 Å². The number of fused-ring (bicyclic) bond motifs is 5. The van der Waals surface area contributed by atoms with Gasteiger partial charge in [0.05, 0.1) is 17.6 Å². The molecule has 2 saturated carbocycles. The number of carbonyl (C=O) groups is 1. The van der Waals surface area contributed by atoms with Gasteiger partial charge < -0.3 is 19.3 Å². The maximum atomic E-state index is 14.7. The number of aliphatic hydroxyl groups is 1. The van der Waals surface area contributed by atoms with Gasteiger partial charge in [0.1, 0.15) is 6.10 Å². The van der Waals surface area contributed by atoms with E-state index >= 15 is 0 Å². The van der Waals surface area contributed by atoms with Crippen molar-refractivity contribution in [3.8, 4) is 5.88 Å². The zero-order valence-corrected chi connectivity index (χ0v) is 22.4. The van der Waals surface area contributed by atoms with Gasteiger partial charge >= 0.3 is 6.18 Å². The fourth-order valence-electron chi connectivity index (χ4n) is 8.04. The van der Waals surface area contributed by atoms with E-state index in [9.17, 15) is 23.1 Å². The van der Waals surface area contributed by atoms with E-state index in [1.54, 1.807) is 20.8 Å². The van der Waals surface area contributed by atoms with Gasteiger partial charge in [-0.15, -0.1) is 0 Å². The molecule has 5 aliphatic rings. The number of ether oxygens (including phenoxy) is 3. The molecule has 2 heterocycles. The summed E-state index contributed by atoms with van der Waals surface area (Å²) in [4.78, 5) is 18.5. The van der Waals surface area contributed by atoms with E-state index in [2.05, 4.69) is 18.8 Å². The summed E-state index contributed by atoms with van der Waals surface area (Å²) in [5.74, 6) is -1.33. The molecular formula is C29H34F3NO5. The van der Waals surface area contributed by atoms with Gasteiger partial charge in [-0.1, -0.05) is 32.9 Å². The molecule has 206 valence electrons. The van der Waals surface area contributed by atoms with Crippen LogP contribution >= 0.6 is 0 Å². The highest BCUT2D eigenvalue weighted by atomic mass is 19.4. The molecule has 6 nitrogen and oxygen atoms in total. The molecule has 1 spiro atoms. The van der Waals surface area contributed by atoms with Crippen LogP contribution in [0.4, 0.5) is 13.2 Å². The molecule has 0 radical (unpaired) electrons. The topological polar surface area (TPSA) is 77.9 Å². The van der Waals surface area contributed by atoms with Crippen LogP contribution in [0, 0.1) is 34.5 Å². The molecule has 1 aromatic heterocycles. The first-order valence-corrected chi connectivity index (χ1v) is 13.2. The van der Waals surface area contributed by atoms with E-state index in [4.69, 9.17) is 14.2 Å². The first kappa shape index (κ1) is 26.0. The number of aromatic nitrogens is 1. The van der Waals surface area contributed by atoms with Gasteiger partial charge in [0.2, 0.25) is 5.88 Å². The van der Waals surface area contributed by atoms with Gasteiger partial charge in [-0.3, -0.25) is 4.79 Å². The van der Waals surface area contributed by atoms with Gasteiger partial charge in [-0.05, 0) is 67.6 Å². The second-order valence-corrected chi connectivity index (χ2v) is 12.9. The maximum absolute atomic E-state index is 14.7. The predicted molar refractivity (Wildman–Crippen MR) is 131 cm³/mol. The average molecular weight is 534 g/mol. The van der Waals surface area contributed by atoms with Crippen molar-refractivity contribution in [3.63, 3.8) is 0 Å². The van der Waals surface area contributed by atoms with Crippen LogP contribution in [0.1, 0.15) is 53.5 Å². The van der Waals surface area contributed by atoms with Crippen molar-refractivity contribution >= 4 is 5.78 Å². The third-order valence-corrected chi connectivity index (χ3v) is 9.97. The second-order valence-electron chi connectivity index (χ2n) is 12.9. The van der Waals surface area contributed by atoms with E-state index in [-0.39, 0.29) is 35.5 Å². The highest BCUT2D eigenvalue weighted by Crippen LogP contribution is 2.72. The SMILES string of the molecule is CC1=C[C@]23C(=O)[C@@H](C=C4COC(C)(C)O[C@H]4[C@]2(O)[C@H]1Oc1ccc(C(F)(F)F)cn1)C1[C@@H](C[C@H]3C)C1(C)C. The minimum absolute atomic E-state index is 0.00171. The van der Waals surface area contributed by atoms with Crippen LogP contribution in [0.2, 0.25) is 0 Å². The van der Waals surface area contributed by atoms with Gasteiger partial charge in [-0.25, -0.2) is 4.98 Å². The molecular weight excluding hydrogens is 499 g/mol. The quantitative estimate of drug-likeness (QED) is 0.533. The van der Waals surface area contributed by atoms with Crippen molar-refractivity contribution in [2.45, 2.75) is 77.7 Å². The van der Waals surface area contributed by atoms with Crippen molar-refractivity contribution in [2.24, 2.45) is 34.5 Å². The molecule has 0 amide bonds. The Morgan fingerprint density at radius 1 is 1.18 bits per heavy atom. The smallest absolute Gasteiger partial charge is 0.417 e. The van der Waals surface area contributed by atoms with Crippen molar-refractivity contribution in [1.82, 2.24) is 4.98 Å². The van der Waals surface area contributed by atoms with Crippen LogP contribution in [-0.2, 0) is 20.4 Å². The third kappa shape index (κ3) is 3.30. The summed E-state index contributed by atoms with van der Waals surface area (Å²) in [5, 5.41) is 13.0. The molecule has 1 saturated heterocycles. The Kier molecular flexibility index (Phi) is 5.27. The van der Waals surface area contributed by atoms with Crippen LogP contribution in [0.25, 0.3) is 0 Å². The van der Waals surface area contributed by atoms with E-state index in [1.165, 1.54) is 0 Å². The van der Waals surface area contributed by atoms with E-state index < -0.39 is 46.7 Å². The molecule has 4 aliphatic carbocycles. The first-order valence-electron chi connectivity index (χ1n) is 13.2. The Balaban J connectivity index is 1.50. The molecule has 0 aromatic carbocycles. The molecule has 9 heteroatoms. The number of rotatable bonds is 2. The number of alkyl halides is 3. The summed E-state index contributed by atoms with van der Waals surface area (Å²) in [5.41, 5.74) is -2.75. The number of Topliss-reactive ketones (excluding diaryl/α,β-unsaturated/α-hetero) is 1. The lowest BCUT2D eigenvalue weighted by molar-refractivity contribution is -0.301. The van der Waals surface area contributed by atoms with Crippen molar-refractivity contribution in [3.05, 3.63) is 47.2 Å². The standard InChI is InChI=1S/C29H34F3NO5/c1-14-11-27-15(2)9-19-21(25(19,3)4)18(22(27)34)10-16-13-36-26(5,6)38-24(16)28(27,35)23(14)37-20-8-7-17(12-33-20)29(30,31)32/h7-8,10-12,15,18-19,21,23-24,35H,9,13H2,1-6H3/t15-,18+,19-,21?,23+,24-,27+,28-/m1/s1. The summed E-state index contributed by atoms with van der Waals surface area (Å²) in [6.45, 7) is 11.9. The van der Waals surface area contributed by atoms with Crippen LogP contribution in [0.5, 0.6) is 5.88 Å².